The molecule has 2 heterocycles. The number of anilines is 2. The summed E-state index contributed by atoms with van der Waals surface area (Å²) in [5.74, 6) is -4.01. The van der Waals surface area contributed by atoms with Crippen molar-refractivity contribution in [3.05, 3.63) is 46.9 Å². The summed E-state index contributed by atoms with van der Waals surface area (Å²) in [5, 5.41) is -0.463. The highest BCUT2D eigenvalue weighted by Gasteiger charge is 2.49. The van der Waals surface area contributed by atoms with Crippen LogP contribution in [0, 0.1) is 23.0 Å². The van der Waals surface area contributed by atoms with Crippen LogP contribution in [0.15, 0.2) is 29.2 Å². The minimum Gasteiger partial charge on any atom is -0.370 e. The predicted octanol–water partition coefficient (Wildman–Crippen LogP) is 3.87. The van der Waals surface area contributed by atoms with Gasteiger partial charge in [-0.2, -0.15) is 4.39 Å². The van der Waals surface area contributed by atoms with Gasteiger partial charge in [0.2, 0.25) is 5.95 Å². The molecule has 11 heteroatoms. The Morgan fingerprint density at radius 2 is 1.97 bits per heavy atom. The monoisotopic (exact) mass is 474 g/mol. The molecule has 0 amide bonds. The van der Waals surface area contributed by atoms with Crippen molar-refractivity contribution in [2.24, 2.45) is 5.41 Å². The molecule has 0 unspecified atom stereocenters. The van der Waals surface area contributed by atoms with E-state index >= 15 is 0 Å². The number of nitrogens with zero attached hydrogens (tertiary/aromatic N) is 3. The third-order valence-corrected chi connectivity index (χ3v) is 7.92. The van der Waals surface area contributed by atoms with Crippen LogP contribution < -0.4 is 9.62 Å². The molecule has 4 rings (SSSR count). The van der Waals surface area contributed by atoms with Gasteiger partial charge in [0, 0.05) is 25.2 Å². The van der Waals surface area contributed by atoms with Crippen molar-refractivity contribution in [1.82, 2.24) is 9.88 Å². The molecule has 0 radical (unpaired) electrons. The van der Waals surface area contributed by atoms with Crippen LogP contribution in [0.2, 0.25) is 5.02 Å². The Morgan fingerprint density at radius 1 is 1.26 bits per heavy atom. The molecule has 2 fully saturated rings. The van der Waals surface area contributed by atoms with Crippen LogP contribution in [-0.4, -0.2) is 51.5 Å². The first-order valence-corrected chi connectivity index (χ1v) is 11.6. The van der Waals surface area contributed by atoms with E-state index in [0.29, 0.717) is 19.1 Å². The summed E-state index contributed by atoms with van der Waals surface area (Å²) in [4.78, 5) is 6.10. The molecule has 1 aliphatic heterocycles. The number of hydrogen-bond donors (Lipinski definition) is 1. The Labute approximate surface area is 184 Å². The largest absolute Gasteiger partial charge is 0.370 e. The number of hydrogen-bond acceptors (Lipinski definition) is 5. The number of rotatable bonds is 5. The van der Waals surface area contributed by atoms with Gasteiger partial charge in [0.1, 0.15) is 16.7 Å². The number of aromatic nitrogens is 1. The van der Waals surface area contributed by atoms with E-state index < -0.39 is 43.3 Å². The average Bonchev–Trinajstić information content (AvgIpc) is 3.08. The Balaban J connectivity index is 1.60. The first kappa shape index (κ1) is 22.2. The molecule has 6 nitrogen and oxygen atoms in total. The van der Waals surface area contributed by atoms with Gasteiger partial charge in [-0.1, -0.05) is 17.7 Å². The Hall–Kier alpha value is -2.04. The summed E-state index contributed by atoms with van der Waals surface area (Å²) in [7, 11) is -0.673. The van der Waals surface area contributed by atoms with Gasteiger partial charge in [-0.15, -0.1) is 0 Å². The van der Waals surface area contributed by atoms with Crippen molar-refractivity contribution in [3.63, 3.8) is 0 Å². The van der Waals surface area contributed by atoms with Crippen LogP contribution in [-0.2, 0) is 10.0 Å². The maximum atomic E-state index is 15.0. The molecule has 2 aromatic rings. The molecular weight excluding hydrogens is 453 g/mol. The van der Waals surface area contributed by atoms with Crippen LogP contribution >= 0.6 is 11.6 Å². The quantitative estimate of drug-likeness (QED) is 0.526. The van der Waals surface area contributed by atoms with E-state index in [1.165, 1.54) is 6.07 Å². The average molecular weight is 475 g/mol. The van der Waals surface area contributed by atoms with Crippen molar-refractivity contribution in [1.29, 1.82) is 0 Å². The predicted molar refractivity (Wildman–Crippen MR) is 112 cm³/mol. The second-order valence-corrected chi connectivity index (χ2v) is 10.5. The van der Waals surface area contributed by atoms with Crippen molar-refractivity contribution in [3.8, 4) is 0 Å². The van der Waals surface area contributed by atoms with E-state index in [-0.39, 0.29) is 11.1 Å². The highest BCUT2D eigenvalue weighted by molar-refractivity contribution is 7.92. The van der Waals surface area contributed by atoms with Crippen LogP contribution in [0.25, 0.3) is 0 Å². The normalized spacial score (nSPS) is 23.5. The molecule has 1 saturated heterocycles. The van der Waals surface area contributed by atoms with Crippen LogP contribution in [0.5, 0.6) is 0 Å². The van der Waals surface area contributed by atoms with Gasteiger partial charge in [0.05, 0.1) is 5.69 Å². The highest BCUT2D eigenvalue weighted by Crippen LogP contribution is 2.51. The molecule has 0 bridgehead atoms. The van der Waals surface area contributed by atoms with E-state index in [9.17, 15) is 21.6 Å². The first-order chi connectivity index (χ1) is 14.5. The summed E-state index contributed by atoms with van der Waals surface area (Å²) in [6, 6.07) is 4.82. The summed E-state index contributed by atoms with van der Waals surface area (Å²) in [6.07, 6.45) is 2.87. The molecule has 1 N–H and O–H groups in total. The molecule has 1 aromatic carbocycles. The van der Waals surface area contributed by atoms with Gasteiger partial charge in [-0.05, 0) is 50.9 Å². The number of sulfonamides is 1. The summed E-state index contributed by atoms with van der Waals surface area (Å²) >= 11 is 6.16. The fraction of sp³-hybridized carbons (Fsp3) is 0.450. The maximum absolute atomic E-state index is 15.0. The molecule has 1 aliphatic carbocycles. The van der Waals surface area contributed by atoms with Crippen LogP contribution in [0.4, 0.5) is 24.7 Å². The van der Waals surface area contributed by atoms with Gasteiger partial charge < -0.3 is 9.80 Å². The number of halogens is 4. The van der Waals surface area contributed by atoms with Gasteiger partial charge in [-0.3, -0.25) is 4.72 Å². The third kappa shape index (κ3) is 4.08. The van der Waals surface area contributed by atoms with E-state index in [4.69, 9.17) is 11.6 Å². The molecule has 2 aliphatic rings. The zero-order chi connectivity index (χ0) is 22.6. The lowest BCUT2D eigenvalue weighted by Crippen LogP contribution is -2.49. The standard InChI is InChI=1S/C20H22ClF3N4O2S/c1-27(2)12-9-20(10-12)6-7-28(11-20)14-8-13(22)19(18(24)17(14)21)31(29,30)26-16-5-3-4-15(23)25-16/h3-5,8,12H,6-7,9-11H2,1-2H3,(H,25,26). The first-order valence-electron chi connectivity index (χ1n) is 9.76. The number of benzene rings is 1. The minimum absolute atomic E-state index is 0.0839. The van der Waals surface area contributed by atoms with Crippen molar-refractivity contribution >= 4 is 33.1 Å². The second-order valence-electron chi connectivity index (χ2n) is 8.48. The van der Waals surface area contributed by atoms with E-state index in [0.717, 1.165) is 37.5 Å². The molecule has 1 spiro atoms. The smallest absolute Gasteiger partial charge is 0.268 e. The van der Waals surface area contributed by atoms with E-state index in [1.54, 1.807) is 4.90 Å². The topological polar surface area (TPSA) is 65.5 Å². The Kier molecular flexibility index (Phi) is 5.60. The summed E-state index contributed by atoms with van der Waals surface area (Å²) in [6.45, 7) is 1.18. The van der Waals surface area contributed by atoms with Gasteiger partial charge in [0.15, 0.2) is 10.7 Å². The number of pyridine rings is 1. The fourth-order valence-corrected chi connectivity index (χ4v) is 5.94. The highest BCUT2D eigenvalue weighted by atomic mass is 35.5. The summed E-state index contributed by atoms with van der Waals surface area (Å²) in [5.41, 5.74) is 0.213. The van der Waals surface area contributed by atoms with Crippen molar-refractivity contribution < 1.29 is 21.6 Å². The number of nitrogens with one attached hydrogen (secondary N) is 1. The zero-order valence-corrected chi connectivity index (χ0v) is 18.6. The van der Waals surface area contributed by atoms with Crippen molar-refractivity contribution in [2.45, 2.75) is 30.2 Å². The van der Waals surface area contributed by atoms with Gasteiger partial charge in [0.25, 0.3) is 10.0 Å². The van der Waals surface area contributed by atoms with Crippen LogP contribution in [0.1, 0.15) is 19.3 Å². The second kappa shape index (κ2) is 7.83. The maximum Gasteiger partial charge on any atom is 0.268 e. The molecule has 1 saturated carbocycles. The lowest BCUT2D eigenvalue weighted by Gasteiger charge is -2.48. The van der Waals surface area contributed by atoms with Crippen molar-refractivity contribution in [2.75, 3.05) is 36.8 Å². The van der Waals surface area contributed by atoms with E-state index in [2.05, 4.69) is 9.88 Å². The third-order valence-electron chi connectivity index (χ3n) is 6.17. The van der Waals surface area contributed by atoms with Gasteiger partial charge in [-0.25, -0.2) is 22.2 Å². The van der Waals surface area contributed by atoms with E-state index in [1.807, 2.05) is 18.8 Å². The summed E-state index contributed by atoms with van der Waals surface area (Å²) < 4.78 is 70.1. The van der Waals surface area contributed by atoms with Gasteiger partial charge >= 0.3 is 0 Å². The Bertz CT molecular complexity index is 1120. The molecule has 31 heavy (non-hydrogen) atoms. The lowest BCUT2D eigenvalue weighted by atomic mass is 9.64. The SMILES string of the molecule is CN(C)C1CC2(CCN(c3cc(F)c(S(=O)(=O)Nc4cccc(F)n4)c(F)c3Cl)C2)C1. The van der Waals surface area contributed by atoms with Crippen LogP contribution in [0.3, 0.4) is 0 Å². The fourth-order valence-electron chi connectivity index (χ4n) is 4.48. The molecule has 1 aromatic heterocycles. The lowest BCUT2D eigenvalue weighted by molar-refractivity contribution is 0.0437. The molecular formula is C20H22ClF3N4O2S. The molecule has 0 atom stereocenters. The minimum atomic E-state index is -4.73. The zero-order valence-electron chi connectivity index (χ0n) is 17.0. The Morgan fingerprint density at radius 3 is 2.61 bits per heavy atom. The molecule has 168 valence electrons.